The van der Waals surface area contributed by atoms with Gasteiger partial charge in [-0.05, 0) is 51.0 Å². The quantitative estimate of drug-likeness (QED) is 0.872. The molecule has 1 fully saturated rings. The van der Waals surface area contributed by atoms with Crippen LogP contribution >= 0.6 is 0 Å². The summed E-state index contributed by atoms with van der Waals surface area (Å²) < 4.78 is 5.45. The summed E-state index contributed by atoms with van der Waals surface area (Å²) in [7, 11) is 0. The molecule has 2 N–H and O–H groups in total. The molecule has 3 nitrogen and oxygen atoms in total. The first kappa shape index (κ1) is 12.2. The highest BCUT2D eigenvalue weighted by molar-refractivity contribution is 5.50. The lowest BCUT2D eigenvalue weighted by molar-refractivity contribution is 0.340. The number of anilines is 1. The molecule has 1 aliphatic rings. The van der Waals surface area contributed by atoms with Gasteiger partial charge in [-0.25, -0.2) is 0 Å². The molecule has 1 heterocycles. The summed E-state index contributed by atoms with van der Waals surface area (Å²) >= 11 is 0. The van der Waals surface area contributed by atoms with Crippen LogP contribution in [0, 0.1) is 0 Å². The van der Waals surface area contributed by atoms with E-state index in [9.17, 15) is 0 Å². The summed E-state index contributed by atoms with van der Waals surface area (Å²) in [5, 5.41) is 0. The van der Waals surface area contributed by atoms with Crippen molar-refractivity contribution < 1.29 is 4.74 Å². The Morgan fingerprint density at radius 2 is 2.06 bits per heavy atom. The number of ether oxygens (including phenoxy) is 1. The van der Waals surface area contributed by atoms with Crippen molar-refractivity contribution in [3.8, 4) is 5.75 Å². The Morgan fingerprint density at radius 3 is 2.65 bits per heavy atom. The molecular weight excluding hydrogens is 212 g/mol. The number of benzene rings is 1. The van der Waals surface area contributed by atoms with Gasteiger partial charge < -0.3 is 15.4 Å². The Kier molecular flexibility index (Phi) is 3.89. The van der Waals surface area contributed by atoms with Crippen molar-refractivity contribution >= 4 is 5.69 Å². The highest BCUT2D eigenvalue weighted by Crippen LogP contribution is 2.26. The maximum atomic E-state index is 5.98. The van der Waals surface area contributed by atoms with Crippen LogP contribution in [-0.2, 0) is 0 Å². The number of nitrogens with zero attached hydrogens (tertiary/aromatic N) is 1. The van der Waals surface area contributed by atoms with Crippen LogP contribution in [0.15, 0.2) is 24.3 Å². The largest absolute Gasteiger partial charge is 0.494 e. The van der Waals surface area contributed by atoms with E-state index in [1.165, 1.54) is 5.69 Å². The van der Waals surface area contributed by atoms with Crippen molar-refractivity contribution in [1.29, 1.82) is 0 Å². The fourth-order valence-electron chi connectivity index (χ4n) is 2.49. The van der Waals surface area contributed by atoms with E-state index in [0.717, 1.165) is 25.1 Å². The zero-order valence-electron chi connectivity index (χ0n) is 10.7. The Morgan fingerprint density at radius 1 is 1.35 bits per heavy atom. The molecule has 0 bridgehead atoms. The third-order valence-corrected chi connectivity index (χ3v) is 3.40. The maximum Gasteiger partial charge on any atom is 0.119 e. The smallest absolute Gasteiger partial charge is 0.119 e. The Hall–Kier alpha value is -1.22. The lowest BCUT2D eigenvalue weighted by atomic mass is 9.98. The molecule has 0 amide bonds. The van der Waals surface area contributed by atoms with Crippen LogP contribution in [0.2, 0.25) is 0 Å². The SMILES string of the molecule is CCOc1ccc(N2CCC(N)CC2C)cc1. The predicted molar refractivity (Wildman–Crippen MR) is 71.6 cm³/mol. The molecule has 2 atom stereocenters. The van der Waals surface area contributed by atoms with Crippen LogP contribution in [0.5, 0.6) is 5.75 Å². The molecular formula is C14H22N2O. The highest BCUT2D eigenvalue weighted by atomic mass is 16.5. The summed E-state index contributed by atoms with van der Waals surface area (Å²) in [6.45, 7) is 6.02. The number of rotatable bonds is 3. The molecule has 3 heteroatoms. The van der Waals surface area contributed by atoms with Crippen molar-refractivity contribution in [3.05, 3.63) is 24.3 Å². The van der Waals surface area contributed by atoms with Gasteiger partial charge >= 0.3 is 0 Å². The van der Waals surface area contributed by atoms with Crippen molar-refractivity contribution in [3.63, 3.8) is 0 Å². The fraction of sp³-hybridized carbons (Fsp3) is 0.571. The van der Waals surface area contributed by atoms with Crippen molar-refractivity contribution in [2.24, 2.45) is 5.73 Å². The van der Waals surface area contributed by atoms with Crippen molar-refractivity contribution in [1.82, 2.24) is 0 Å². The molecule has 1 saturated heterocycles. The molecule has 0 spiro atoms. The van der Waals surface area contributed by atoms with Gasteiger partial charge in [-0.1, -0.05) is 0 Å². The van der Waals surface area contributed by atoms with Crippen LogP contribution in [-0.4, -0.2) is 25.2 Å². The maximum absolute atomic E-state index is 5.98. The van der Waals surface area contributed by atoms with Crippen LogP contribution in [0.3, 0.4) is 0 Å². The average molecular weight is 234 g/mol. The topological polar surface area (TPSA) is 38.5 Å². The van der Waals surface area contributed by atoms with E-state index in [1.807, 2.05) is 19.1 Å². The lowest BCUT2D eigenvalue weighted by Gasteiger charge is -2.38. The third-order valence-electron chi connectivity index (χ3n) is 3.40. The molecule has 0 saturated carbocycles. The third kappa shape index (κ3) is 2.91. The zero-order chi connectivity index (χ0) is 12.3. The molecule has 17 heavy (non-hydrogen) atoms. The molecule has 0 aromatic heterocycles. The second-order valence-corrected chi connectivity index (χ2v) is 4.75. The second-order valence-electron chi connectivity index (χ2n) is 4.75. The summed E-state index contributed by atoms with van der Waals surface area (Å²) in [6.07, 6.45) is 2.16. The first-order chi connectivity index (χ1) is 8.20. The van der Waals surface area contributed by atoms with Gasteiger partial charge in [-0.3, -0.25) is 0 Å². The van der Waals surface area contributed by atoms with E-state index >= 15 is 0 Å². The van der Waals surface area contributed by atoms with Gasteiger partial charge in [0.1, 0.15) is 5.75 Å². The predicted octanol–water partition coefficient (Wildman–Crippen LogP) is 2.40. The second kappa shape index (κ2) is 5.41. The van der Waals surface area contributed by atoms with E-state index in [2.05, 4.69) is 24.0 Å². The number of hydrogen-bond acceptors (Lipinski definition) is 3. The fourth-order valence-corrected chi connectivity index (χ4v) is 2.49. The van der Waals surface area contributed by atoms with E-state index in [1.54, 1.807) is 0 Å². The summed E-state index contributed by atoms with van der Waals surface area (Å²) in [6, 6.07) is 9.25. The molecule has 1 aromatic rings. The van der Waals surface area contributed by atoms with Gasteiger partial charge in [0.05, 0.1) is 6.61 Å². The molecule has 2 rings (SSSR count). The van der Waals surface area contributed by atoms with E-state index < -0.39 is 0 Å². The number of nitrogens with two attached hydrogens (primary N) is 1. The minimum atomic E-state index is 0.365. The van der Waals surface area contributed by atoms with Gasteiger partial charge in [0, 0.05) is 24.3 Å². The van der Waals surface area contributed by atoms with E-state index in [-0.39, 0.29) is 0 Å². The van der Waals surface area contributed by atoms with E-state index in [4.69, 9.17) is 10.5 Å². The van der Waals surface area contributed by atoms with Gasteiger partial charge in [-0.15, -0.1) is 0 Å². The molecule has 0 radical (unpaired) electrons. The Bertz CT molecular complexity index is 350. The van der Waals surface area contributed by atoms with Gasteiger partial charge in [0.25, 0.3) is 0 Å². The summed E-state index contributed by atoms with van der Waals surface area (Å²) in [5.41, 5.74) is 7.25. The molecule has 94 valence electrons. The average Bonchev–Trinajstić information content (AvgIpc) is 2.31. The number of hydrogen-bond donors (Lipinski definition) is 1. The van der Waals surface area contributed by atoms with Crippen LogP contribution in [0.4, 0.5) is 5.69 Å². The van der Waals surface area contributed by atoms with Crippen LogP contribution < -0.4 is 15.4 Å². The summed E-state index contributed by atoms with van der Waals surface area (Å²) in [5.74, 6) is 0.942. The van der Waals surface area contributed by atoms with E-state index in [0.29, 0.717) is 18.7 Å². The highest BCUT2D eigenvalue weighted by Gasteiger charge is 2.23. The van der Waals surface area contributed by atoms with Crippen LogP contribution in [0.1, 0.15) is 26.7 Å². The van der Waals surface area contributed by atoms with Crippen molar-refractivity contribution in [2.75, 3.05) is 18.1 Å². The molecule has 1 aromatic carbocycles. The molecule has 1 aliphatic heterocycles. The molecule has 0 aliphatic carbocycles. The number of piperidine rings is 1. The first-order valence-corrected chi connectivity index (χ1v) is 6.45. The van der Waals surface area contributed by atoms with Crippen molar-refractivity contribution in [2.45, 2.75) is 38.8 Å². The Labute approximate surface area is 104 Å². The zero-order valence-corrected chi connectivity index (χ0v) is 10.7. The van der Waals surface area contributed by atoms with Gasteiger partial charge in [-0.2, -0.15) is 0 Å². The molecule has 2 unspecified atom stereocenters. The normalized spacial score (nSPS) is 24.8. The standard InChI is InChI=1S/C14H22N2O/c1-3-17-14-6-4-13(5-7-14)16-9-8-12(15)10-11(16)2/h4-7,11-12H,3,8-10,15H2,1-2H3. The Balaban J connectivity index is 2.06. The minimum absolute atomic E-state index is 0.365. The lowest BCUT2D eigenvalue weighted by Crippen LogP contribution is -2.45. The first-order valence-electron chi connectivity index (χ1n) is 6.45. The minimum Gasteiger partial charge on any atom is -0.494 e. The van der Waals surface area contributed by atoms with Gasteiger partial charge in [0.15, 0.2) is 0 Å². The van der Waals surface area contributed by atoms with Gasteiger partial charge in [0.2, 0.25) is 0 Å². The summed E-state index contributed by atoms with van der Waals surface area (Å²) in [4.78, 5) is 2.43. The monoisotopic (exact) mass is 234 g/mol. The van der Waals surface area contributed by atoms with Crippen LogP contribution in [0.25, 0.3) is 0 Å².